The molecule has 8 heteroatoms. The van der Waals surface area contributed by atoms with Gasteiger partial charge in [0.2, 0.25) is 0 Å². The molecule has 0 amide bonds. The quantitative estimate of drug-likeness (QED) is 0.618. The SMILES string of the molecule is Cc1cc(N2CCCC2c2nncn2CC(C)C)ncc1[N+](=O)[O-]. The topological polar surface area (TPSA) is 90.0 Å². The lowest BCUT2D eigenvalue weighted by atomic mass is 10.1. The van der Waals surface area contributed by atoms with Crippen LogP contribution >= 0.6 is 0 Å². The van der Waals surface area contributed by atoms with Crippen LogP contribution in [0.25, 0.3) is 0 Å². The van der Waals surface area contributed by atoms with Gasteiger partial charge in [0.05, 0.1) is 11.0 Å². The Bertz CT molecular complexity index is 742. The first-order valence-corrected chi connectivity index (χ1v) is 8.22. The summed E-state index contributed by atoms with van der Waals surface area (Å²) in [4.78, 5) is 17.1. The average molecular weight is 330 g/mol. The number of aryl methyl sites for hydroxylation is 1. The van der Waals surface area contributed by atoms with Gasteiger partial charge >= 0.3 is 0 Å². The first-order chi connectivity index (χ1) is 11.5. The lowest BCUT2D eigenvalue weighted by Gasteiger charge is -2.26. The number of rotatable bonds is 5. The van der Waals surface area contributed by atoms with Gasteiger partial charge in [0.1, 0.15) is 18.3 Å². The highest BCUT2D eigenvalue weighted by molar-refractivity contribution is 5.50. The fourth-order valence-corrected chi connectivity index (χ4v) is 3.25. The van der Waals surface area contributed by atoms with Crippen LogP contribution in [-0.4, -0.2) is 31.2 Å². The minimum Gasteiger partial charge on any atom is -0.346 e. The smallest absolute Gasteiger partial charge is 0.290 e. The van der Waals surface area contributed by atoms with Crippen molar-refractivity contribution in [1.29, 1.82) is 0 Å². The van der Waals surface area contributed by atoms with E-state index in [4.69, 9.17) is 0 Å². The van der Waals surface area contributed by atoms with Crippen LogP contribution in [-0.2, 0) is 6.54 Å². The molecule has 8 nitrogen and oxygen atoms in total. The van der Waals surface area contributed by atoms with Crippen molar-refractivity contribution in [2.24, 2.45) is 5.92 Å². The van der Waals surface area contributed by atoms with Crippen LogP contribution in [0, 0.1) is 23.0 Å². The van der Waals surface area contributed by atoms with Crippen molar-refractivity contribution < 1.29 is 4.92 Å². The Kier molecular flexibility index (Phi) is 4.46. The maximum Gasteiger partial charge on any atom is 0.290 e. The Labute approximate surface area is 140 Å². The maximum absolute atomic E-state index is 11.0. The van der Waals surface area contributed by atoms with E-state index in [1.165, 1.54) is 6.20 Å². The summed E-state index contributed by atoms with van der Waals surface area (Å²) < 4.78 is 2.10. The van der Waals surface area contributed by atoms with Crippen LogP contribution in [0.2, 0.25) is 0 Å². The molecular formula is C16H22N6O2. The third kappa shape index (κ3) is 3.08. The van der Waals surface area contributed by atoms with Crippen molar-refractivity contribution in [3.63, 3.8) is 0 Å². The Morgan fingerprint density at radius 3 is 2.92 bits per heavy atom. The number of pyridine rings is 1. The molecule has 0 bridgehead atoms. The summed E-state index contributed by atoms with van der Waals surface area (Å²) >= 11 is 0. The molecule has 0 N–H and O–H groups in total. The molecule has 24 heavy (non-hydrogen) atoms. The second-order valence-corrected chi connectivity index (χ2v) is 6.67. The minimum atomic E-state index is -0.396. The largest absolute Gasteiger partial charge is 0.346 e. The number of nitro groups is 1. The van der Waals surface area contributed by atoms with E-state index >= 15 is 0 Å². The molecule has 2 aromatic rings. The molecule has 1 unspecified atom stereocenters. The van der Waals surface area contributed by atoms with Gasteiger partial charge in [-0.15, -0.1) is 10.2 Å². The molecule has 2 aromatic heterocycles. The summed E-state index contributed by atoms with van der Waals surface area (Å²) in [6.45, 7) is 7.81. The van der Waals surface area contributed by atoms with Crippen molar-refractivity contribution in [1.82, 2.24) is 19.7 Å². The lowest BCUT2D eigenvalue weighted by molar-refractivity contribution is -0.385. The van der Waals surface area contributed by atoms with Gasteiger partial charge in [0.15, 0.2) is 5.82 Å². The Balaban J connectivity index is 1.90. The monoisotopic (exact) mass is 330 g/mol. The van der Waals surface area contributed by atoms with Crippen molar-refractivity contribution in [2.45, 2.75) is 46.2 Å². The Morgan fingerprint density at radius 2 is 2.25 bits per heavy atom. The van der Waals surface area contributed by atoms with Crippen LogP contribution in [0.5, 0.6) is 0 Å². The highest BCUT2D eigenvalue weighted by atomic mass is 16.6. The molecule has 0 aliphatic carbocycles. The first-order valence-electron chi connectivity index (χ1n) is 8.22. The summed E-state index contributed by atoms with van der Waals surface area (Å²) in [6, 6.07) is 1.90. The van der Waals surface area contributed by atoms with E-state index in [1.54, 1.807) is 19.3 Å². The summed E-state index contributed by atoms with van der Waals surface area (Å²) in [5, 5.41) is 19.4. The second kappa shape index (κ2) is 6.54. The molecule has 3 heterocycles. The number of aromatic nitrogens is 4. The number of hydrogen-bond acceptors (Lipinski definition) is 6. The van der Waals surface area contributed by atoms with E-state index in [9.17, 15) is 10.1 Å². The van der Waals surface area contributed by atoms with Crippen LogP contribution < -0.4 is 4.90 Å². The summed E-state index contributed by atoms with van der Waals surface area (Å²) in [6.07, 6.45) is 5.14. The first kappa shape index (κ1) is 16.4. The molecule has 0 radical (unpaired) electrons. The summed E-state index contributed by atoms with van der Waals surface area (Å²) in [7, 11) is 0. The zero-order valence-corrected chi connectivity index (χ0v) is 14.2. The van der Waals surface area contributed by atoms with Crippen LogP contribution in [0.3, 0.4) is 0 Å². The van der Waals surface area contributed by atoms with Gasteiger partial charge < -0.3 is 9.47 Å². The molecule has 3 rings (SSSR count). The van der Waals surface area contributed by atoms with Crippen LogP contribution in [0.1, 0.15) is 44.1 Å². The van der Waals surface area contributed by atoms with Gasteiger partial charge in [-0.3, -0.25) is 10.1 Å². The predicted molar refractivity (Wildman–Crippen MR) is 89.8 cm³/mol. The molecule has 1 fully saturated rings. The molecule has 1 atom stereocenters. The number of anilines is 1. The third-order valence-corrected chi connectivity index (χ3v) is 4.32. The van der Waals surface area contributed by atoms with Gasteiger partial charge in [-0.05, 0) is 31.7 Å². The predicted octanol–water partition coefficient (Wildman–Crippen LogP) is 2.89. The van der Waals surface area contributed by atoms with E-state index in [1.807, 2.05) is 0 Å². The van der Waals surface area contributed by atoms with Crippen LogP contribution in [0.15, 0.2) is 18.6 Å². The minimum absolute atomic E-state index is 0.0532. The van der Waals surface area contributed by atoms with Gasteiger partial charge in [0, 0.05) is 18.7 Å². The molecule has 128 valence electrons. The Hall–Kier alpha value is -2.51. The van der Waals surface area contributed by atoms with Crippen molar-refractivity contribution in [3.05, 3.63) is 40.1 Å². The molecule has 0 aromatic carbocycles. The zero-order chi connectivity index (χ0) is 17.3. The van der Waals surface area contributed by atoms with Gasteiger partial charge in [-0.2, -0.15) is 0 Å². The molecule has 0 spiro atoms. The number of hydrogen-bond donors (Lipinski definition) is 0. The van der Waals surface area contributed by atoms with Gasteiger partial charge in [-0.25, -0.2) is 4.98 Å². The Morgan fingerprint density at radius 1 is 1.46 bits per heavy atom. The summed E-state index contributed by atoms with van der Waals surface area (Å²) in [5.74, 6) is 2.22. The standard InChI is InChI=1S/C16H22N6O2/c1-11(2)9-20-10-18-19-16(20)13-5-4-6-21(13)15-7-12(3)14(8-17-15)22(23)24/h7-8,10-11,13H,4-6,9H2,1-3H3. The maximum atomic E-state index is 11.0. The molecule has 1 aliphatic heterocycles. The van der Waals surface area contributed by atoms with Crippen LogP contribution in [0.4, 0.5) is 11.5 Å². The molecular weight excluding hydrogens is 308 g/mol. The average Bonchev–Trinajstić information content (AvgIpc) is 3.14. The third-order valence-electron chi connectivity index (χ3n) is 4.32. The fourth-order valence-electron chi connectivity index (χ4n) is 3.25. The van der Waals surface area contributed by atoms with E-state index in [0.29, 0.717) is 11.5 Å². The lowest BCUT2D eigenvalue weighted by Crippen LogP contribution is -2.26. The van der Waals surface area contributed by atoms with Crippen molar-refractivity contribution >= 4 is 11.5 Å². The number of nitrogens with zero attached hydrogens (tertiary/aromatic N) is 6. The van der Waals surface area contributed by atoms with E-state index < -0.39 is 4.92 Å². The van der Waals surface area contributed by atoms with Gasteiger partial charge in [-0.1, -0.05) is 13.8 Å². The molecule has 1 saturated heterocycles. The van der Waals surface area contributed by atoms with Crippen molar-refractivity contribution in [3.8, 4) is 0 Å². The zero-order valence-electron chi connectivity index (χ0n) is 14.2. The molecule has 0 saturated carbocycles. The van der Waals surface area contributed by atoms with Gasteiger partial charge in [0.25, 0.3) is 5.69 Å². The second-order valence-electron chi connectivity index (χ2n) is 6.67. The van der Waals surface area contributed by atoms with E-state index in [0.717, 1.165) is 37.6 Å². The van der Waals surface area contributed by atoms with Crippen molar-refractivity contribution in [2.75, 3.05) is 11.4 Å². The fraction of sp³-hybridized carbons (Fsp3) is 0.562. The highest BCUT2D eigenvalue weighted by Crippen LogP contribution is 2.35. The summed E-state index contributed by atoms with van der Waals surface area (Å²) in [5.41, 5.74) is 0.678. The normalized spacial score (nSPS) is 17.7. The van der Waals surface area contributed by atoms with E-state index in [2.05, 4.69) is 38.5 Å². The highest BCUT2D eigenvalue weighted by Gasteiger charge is 2.31. The molecule has 1 aliphatic rings. The van der Waals surface area contributed by atoms with E-state index in [-0.39, 0.29) is 11.7 Å².